The van der Waals surface area contributed by atoms with Crippen molar-refractivity contribution in [1.29, 1.82) is 5.26 Å². The molecule has 0 spiro atoms. The SMILES string of the molecule is N#Cc1ccncn1.O=C(O)c1ccncn1. The van der Waals surface area contributed by atoms with Crippen molar-refractivity contribution in [2.45, 2.75) is 0 Å². The smallest absolute Gasteiger partial charge is 0.354 e. The van der Waals surface area contributed by atoms with Crippen LogP contribution in [0.1, 0.15) is 16.2 Å². The van der Waals surface area contributed by atoms with Gasteiger partial charge in [-0.1, -0.05) is 0 Å². The largest absolute Gasteiger partial charge is 0.477 e. The van der Waals surface area contributed by atoms with E-state index in [2.05, 4.69) is 19.9 Å². The first kappa shape index (κ1) is 12.2. The number of rotatable bonds is 1. The molecule has 2 aromatic rings. The Kier molecular flexibility index (Phi) is 4.72. The molecule has 7 heteroatoms. The second kappa shape index (κ2) is 6.58. The third kappa shape index (κ3) is 4.44. The van der Waals surface area contributed by atoms with Gasteiger partial charge in [-0.05, 0) is 12.1 Å². The highest BCUT2D eigenvalue weighted by molar-refractivity contribution is 5.84. The van der Waals surface area contributed by atoms with Crippen molar-refractivity contribution in [2.75, 3.05) is 0 Å². The normalized spacial score (nSPS) is 8.41. The molecular formula is C10H7N5O2. The zero-order valence-electron chi connectivity index (χ0n) is 8.56. The summed E-state index contributed by atoms with van der Waals surface area (Å²) >= 11 is 0. The third-order valence-corrected chi connectivity index (χ3v) is 1.50. The second-order valence-corrected chi connectivity index (χ2v) is 2.61. The molecule has 0 atom stereocenters. The van der Waals surface area contributed by atoms with Crippen molar-refractivity contribution in [2.24, 2.45) is 0 Å². The van der Waals surface area contributed by atoms with Gasteiger partial charge in [0.15, 0.2) is 5.69 Å². The van der Waals surface area contributed by atoms with Crippen LogP contribution in [0.4, 0.5) is 0 Å². The van der Waals surface area contributed by atoms with Crippen LogP contribution in [0.15, 0.2) is 37.2 Å². The fourth-order valence-electron chi connectivity index (χ4n) is 0.774. The summed E-state index contributed by atoms with van der Waals surface area (Å²) in [7, 11) is 0. The number of hydrogen-bond donors (Lipinski definition) is 1. The minimum Gasteiger partial charge on any atom is -0.477 e. The average molecular weight is 229 g/mol. The van der Waals surface area contributed by atoms with Crippen molar-refractivity contribution < 1.29 is 9.90 Å². The maximum Gasteiger partial charge on any atom is 0.354 e. The molecule has 0 aliphatic heterocycles. The van der Waals surface area contributed by atoms with Gasteiger partial charge < -0.3 is 5.11 Å². The van der Waals surface area contributed by atoms with Gasteiger partial charge in [0.2, 0.25) is 0 Å². The summed E-state index contributed by atoms with van der Waals surface area (Å²) in [4.78, 5) is 24.4. The number of nitrogens with zero attached hydrogens (tertiary/aromatic N) is 5. The predicted octanol–water partition coefficient (Wildman–Crippen LogP) is 0.523. The molecule has 84 valence electrons. The number of carbonyl (C=O) groups is 1. The van der Waals surface area contributed by atoms with E-state index < -0.39 is 5.97 Å². The van der Waals surface area contributed by atoms with E-state index in [0.29, 0.717) is 5.69 Å². The molecule has 0 amide bonds. The number of nitriles is 1. The van der Waals surface area contributed by atoms with Gasteiger partial charge in [-0.15, -0.1) is 0 Å². The number of aromatic carboxylic acids is 1. The van der Waals surface area contributed by atoms with E-state index in [1.165, 1.54) is 31.1 Å². The standard InChI is InChI=1S/C5H3N3.C5H4N2O2/c6-3-5-1-2-7-4-8-5;8-5(9)4-1-2-6-3-7-4/h1-2,4H;1-3H,(H,8,9). The molecule has 17 heavy (non-hydrogen) atoms. The molecule has 2 rings (SSSR count). The van der Waals surface area contributed by atoms with E-state index in [1.807, 2.05) is 6.07 Å². The number of aromatic nitrogens is 4. The summed E-state index contributed by atoms with van der Waals surface area (Å²) in [6.07, 6.45) is 5.46. The first-order chi connectivity index (χ1) is 8.24. The topological polar surface area (TPSA) is 113 Å². The van der Waals surface area contributed by atoms with Gasteiger partial charge in [0.25, 0.3) is 0 Å². The van der Waals surface area contributed by atoms with Crippen LogP contribution in [0.2, 0.25) is 0 Å². The van der Waals surface area contributed by atoms with E-state index >= 15 is 0 Å². The van der Waals surface area contributed by atoms with Crippen molar-refractivity contribution in [1.82, 2.24) is 19.9 Å². The van der Waals surface area contributed by atoms with E-state index in [0.717, 1.165) is 0 Å². The van der Waals surface area contributed by atoms with Gasteiger partial charge in [0.05, 0.1) is 0 Å². The molecule has 0 aliphatic carbocycles. The maximum atomic E-state index is 10.1. The molecule has 1 N–H and O–H groups in total. The fraction of sp³-hybridized carbons (Fsp3) is 0. The minimum absolute atomic E-state index is 0.0185. The third-order valence-electron chi connectivity index (χ3n) is 1.50. The molecule has 2 aromatic heterocycles. The summed E-state index contributed by atoms with van der Waals surface area (Å²) < 4.78 is 0. The molecule has 0 radical (unpaired) electrons. The van der Waals surface area contributed by atoms with Crippen LogP contribution < -0.4 is 0 Å². The molecule has 0 unspecified atom stereocenters. The summed E-state index contributed by atoms with van der Waals surface area (Å²) in [6.45, 7) is 0. The molecule has 0 aromatic carbocycles. The van der Waals surface area contributed by atoms with Crippen molar-refractivity contribution in [3.63, 3.8) is 0 Å². The van der Waals surface area contributed by atoms with Crippen LogP contribution in [0, 0.1) is 11.3 Å². The Bertz CT molecular complexity index is 509. The van der Waals surface area contributed by atoms with Gasteiger partial charge in [0.1, 0.15) is 24.4 Å². The second-order valence-electron chi connectivity index (χ2n) is 2.61. The van der Waals surface area contributed by atoms with Crippen LogP contribution in [-0.4, -0.2) is 31.0 Å². The van der Waals surface area contributed by atoms with Crippen LogP contribution in [0.25, 0.3) is 0 Å². The van der Waals surface area contributed by atoms with Crippen molar-refractivity contribution in [3.8, 4) is 6.07 Å². The van der Waals surface area contributed by atoms with Crippen molar-refractivity contribution in [3.05, 3.63) is 48.6 Å². The lowest BCUT2D eigenvalue weighted by Gasteiger charge is -1.86. The lowest BCUT2D eigenvalue weighted by molar-refractivity contribution is 0.0690. The van der Waals surface area contributed by atoms with E-state index in [9.17, 15) is 4.79 Å². The van der Waals surface area contributed by atoms with Crippen LogP contribution >= 0.6 is 0 Å². The molecule has 2 heterocycles. The first-order valence-electron chi connectivity index (χ1n) is 4.39. The zero-order chi connectivity index (χ0) is 12.5. The molecule has 0 saturated heterocycles. The summed E-state index contributed by atoms with van der Waals surface area (Å²) in [5.74, 6) is -1.03. The molecule has 7 nitrogen and oxygen atoms in total. The fourth-order valence-corrected chi connectivity index (χ4v) is 0.774. The summed E-state index contributed by atoms with van der Waals surface area (Å²) in [5.41, 5.74) is 0.421. The highest BCUT2D eigenvalue weighted by Crippen LogP contribution is 1.87. The molecular weight excluding hydrogens is 222 g/mol. The Morgan fingerprint density at radius 1 is 1.18 bits per heavy atom. The Hall–Kier alpha value is -2.88. The number of carboxylic acid groups (broad SMARTS) is 1. The maximum absolute atomic E-state index is 10.1. The Balaban J connectivity index is 0.000000171. The van der Waals surface area contributed by atoms with Gasteiger partial charge in [-0.25, -0.2) is 24.7 Å². The van der Waals surface area contributed by atoms with E-state index in [1.54, 1.807) is 6.07 Å². The van der Waals surface area contributed by atoms with E-state index in [4.69, 9.17) is 10.4 Å². The quantitative estimate of drug-likeness (QED) is 0.758. The lowest BCUT2D eigenvalue weighted by Crippen LogP contribution is -1.98. The summed E-state index contributed by atoms with van der Waals surface area (Å²) in [6, 6.07) is 4.77. The van der Waals surface area contributed by atoms with Gasteiger partial charge >= 0.3 is 5.97 Å². The first-order valence-corrected chi connectivity index (χ1v) is 4.39. The molecule has 0 aliphatic rings. The van der Waals surface area contributed by atoms with Gasteiger partial charge in [-0.2, -0.15) is 5.26 Å². The minimum atomic E-state index is -1.03. The van der Waals surface area contributed by atoms with E-state index in [-0.39, 0.29) is 5.69 Å². The molecule has 0 saturated carbocycles. The molecule has 0 fully saturated rings. The van der Waals surface area contributed by atoms with Crippen molar-refractivity contribution >= 4 is 5.97 Å². The van der Waals surface area contributed by atoms with Crippen LogP contribution in [-0.2, 0) is 0 Å². The predicted molar refractivity (Wildman–Crippen MR) is 55.7 cm³/mol. The molecule has 0 bridgehead atoms. The van der Waals surface area contributed by atoms with Gasteiger partial charge in [-0.3, -0.25) is 0 Å². The zero-order valence-corrected chi connectivity index (χ0v) is 8.56. The highest BCUT2D eigenvalue weighted by atomic mass is 16.4. The number of hydrogen-bond acceptors (Lipinski definition) is 6. The van der Waals surface area contributed by atoms with Crippen LogP contribution in [0.5, 0.6) is 0 Å². The van der Waals surface area contributed by atoms with Crippen LogP contribution in [0.3, 0.4) is 0 Å². The Morgan fingerprint density at radius 3 is 2.12 bits per heavy atom. The summed E-state index contributed by atoms with van der Waals surface area (Å²) in [5, 5.41) is 16.5. The Labute approximate surface area is 96.5 Å². The number of carboxylic acids is 1. The highest BCUT2D eigenvalue weighted by Gasteiger charge is 1.99. The average Bonchev–Trinajstić information content (AvgIpc) is 2.41. The van der Waals surface area contributed by atoms with Gasteiger partial charge in [0, 0.05) is 12.4 Å². The monoisotopic (exact) mass is 229 g/mol. The Morgan fingerprint density at radius 2 is 1.82 bits per heavy atom. The lowest BCUT2D eigenvalue weighted by atomic mass is 10.4.